The average molecular weight is 437 g/mol. The summed E-state index contributed by atoms with van der Waals surface area (Å²) in [6.45, 7) is 2.65. The molecule has 0 saturated heterocycles. The number of hydrogen-bond donors (Lipinski definition) is 4. The summed E-state index contributed by atoms with van der Waals surface area (Å²) in [6.07, 6.45) is 6.10. The van der Waals surface area contributed by atoms with Gasteiger partial charge in [0.25, 0.3) is 0 Å². The van der Waals surface area contributed by atoms with E-state index in [2.05, 4.69) is 45.5 Å². The number of rotatable bonds is 10. The second-order valence-corrected chi connectivity index (χ2v) is 8.64. The van der Waals surface area contributed by atoms with Gasteiger partial charge in [-0.3, -0.25) is 0 Å². The van der Waals surface area contributed by atoms with Crippen LogP contribution in [0.1, 0.15) is 36.8 Å². The second kappa shape index (κ2) is 13.4. The van der Waals surface area contributed by atoms with Crippen LogP contribution in [0.15, 0.2) is 60.7 Å². The van der Waals surface area contributed by atoms with Gasteiger partial charge in [-0.25, -0.2) is 9.59 Å². The Labute approximate surface area is 191 Å². The molecule has 0 radical (unpaired) electrons. The summed E-state index contributed by atoms with van der Waals surface area (Å²) >= 11 is 0. The third-order valence-electron chi connectivity index (χ3n) is 6.08. The molecule has 172 valence electrons. The zero-order valence-electron chi connectivity index (χ0n) is 18.8. The summed E-state index contributed by atoms with van der Waals surface area (Å²) in [7, 11) is 0. The lowest BCUT2D eigenvalue weighted by atomic mass is 9.81. The highest BCUT2D eigenvalue weighted by molar-refractivity contribution is 5.74. The van der Waals surface area contributed by atoms with E-state index in [4.69, 9.17) is 0 Å². The molecular formula is C26H36N4O2. The number of carbonyl (C=O) groups excluding carboxylic acids is 2. The van der Waals surface area contributed by atoms with Crippen LogP contribution in [0.4, 0.5) is 9.59 Å². The molecule has 4 N–H and O–H groups in total. The van der Waals surface area contributed by atoms with Crippen LogP contribution >= 0.6 is 0 Å². The summed E-state index contributed by atoms with van der Waals surface area (Å²) in [5, 5.41) is 11.9. The van der Waals surface area contributed by atoms with E-state index in [1.54, 1.807) is 0 Å². The first-order chi connectivity index (χ1) is 15.7. The molecule has 2 atom stereocenters. The lowest BCUT2D eigenvalue weighted by molar-refractivity contribution is 0.222. The fourth-order valence-corrected chi connectivity index (χ4v) is 4.30. The van der Waals surface area contributed by atoms with Crippen LogP contribution in [0.5, 0.6) is 0 Å². The van der Waals surface area contributed by atoms with Crippen molar-refractivity contribution < 1.29 is 9.59 Å². The van der Waals surface area contributed by atoms with Crippen molar-refractivity contribution in [2.75, 3.05) is 26.2 Å². The zero-order valence-corrected chi connectivity index (χ0v) is 18.8. The van der Waals surface area contributed by atoms with Gasteiger partial charge in [0.05, 0.1) is 0 Å². The monoisotopic (exact) mass is 436 g/mol. The van der Waals surface area contributed by atoms with Gasteiger partial charge in [-0.15, -0.1) is 0 Å². The van der Waals surface area contributed by atoms with Crippen molar-refractivity contribution in [1.82, 2.24) is 21.3 Å². The molecule has 6 heteroatoms. The van der Waals surface area contributed by atoms with E-state index < -0.39 is 0 Å². The number of hydrogen-bond acceptors (Lipinski definition) is 2. The molecule has 0 aromatic heterocycles. The number of urea groups is 2. The van der Waals surface area contributed by atoms with Crippen molar-refractivity contribution in [2.45, 2.75) is 38.5 Å². The normalized spacial score (nSPS) is 17.9. The smallest absolute Gasteiger partial charge is 0.314 e. The van der Waals surface area contributed by atoms with Gasteiger partial charge >= 0.3 is 12.1 Å². The standard InChI is InChI=1S/C26H36N4O2/c31-25(27-16-14-21-8-3-1-4-9-21)29-19-23-12-7-13-24(18-23)20-30-26(32)28-17-15-22-10-5-2-6-11-22/h1-6,8-11,23-24H,7,12-20H2,(H2,27,29,31)(H2,28,30,32)/t23-,24+. The minimum atomic E-state index is -0.0982. The first-order valence-corrected chi connectivity index (χ1v) is 11.8. The van der Waals surface area contributed by atoms with Crippen LogP contribution < -0.4 is 21.3 Å². The van der Waals surface area contributed by atoms with Crippen molar-refractivity contribution in [3.05, 3.63) is 71.8 Å². The lowest BCUT2D eigenvalue weighted by Gasteiger charge is -2.29. The number of carbonyl (C=O) groups is 2. The highest BCUT2D eigenvalue weighted by Gasteiger charge is 2.22. The van der Waals surface area contributed by atoms with Gasteiger partial charge in [-0.1, -0.05) is 67.1 Å². The molecule has 0 bridgehead atoms. The van der Waals surface area contributed by atoms with E-state index in [1.807, 2.05) is 36.4 Å². The number of nitrogens with one attached hydrogen (secondary N) is 4. The van der Waals surface area contributed by atoms with E-state index in [0.29, 0.717) is 38.0 Å². The van der Waals surface area contributed by atoms with Crippen molar-refractivity contribution in [2.24, 2.45) is 11.8 Å². The molecule has 32 heavy (non-hydrogen) atoms. The molecule has 1 fully saturated rings. The van der Waals surface area contributed by atoms with Crippen LogP contribution in [-0.4, -0.2) is 38.2 Å². The average Bonchev–Trinajstić information content (AvgIpc) is 2.83. The Hall–Kier alpha value is -3.02. The third-order valence-corrected chi connectivity index (χ3v) is 6.08. The Morgan fingerprint density at radius 1 is 0.656 bits per heavy atom. The van der Waals surface area contributed by atoms with E-state index in [9.17, 15) is 9.59 Å². The second-order valence-electron chi connectivity index (χ2n) is 8.64. The Bertz CT molecular complexity index is 746. The Morgan fingerprint density at radius 2 is 1.09 bits per heavy atom. The largest absolute Gasteiger partial charge is 0.338 e. The fraction of sp³-hybridized carbons (Fsp3) is 0.462. The van der Waals surface area contributed by atoms with Crippen molar-refractivity contribution >= 4 is 12.1 Å². The Balaban J connectivity index is 1.25. The van der Waals surface area contributed by atoms with Crippen LogP contribution in [-0.2, 0) is 12.8 Å². The molecule has 0 unspecified atom stereocenters. The maximum atomic E-state index is 12.1. The van der Waals surface area contributed by atoms with Gasteiger partial charge in [0.1, 0.15) is 0 Å². The Morgan fingerprint density at radius 3 is 1.53 bits per heavy atom. The van der Waals surface area contributed by atoms with E-state index >= 15 is 0 Å². The quantitative estimate of drug-likeness (QED) is 0.456. The number of benzene rings is 2. The molecule has 4 amide bonds. The first-order valence-electron chi connectivity index (χ1n) is 11.8. The fourth-order valence-electron chi connectivity index (χ4n) is 4.30. The van der Waals surface area contributed by atoms with E-state index in [-0.39, 0.29) is 12.1 Å². The SMILES string of the molecule is O=C(NCCc1ccccc1)NC[C@H]1CCC[C@@H](CNC(=O)NCCc2ccccc2)C1. The summed E-state index contributed by atoms with van der Waals surface area (Å²) in [5.74, 6) is 0.938. The summed E-state index contributed by atoms with van der Waals surface area (Å²) < 4.78 is 0. The highest BCUT2D eigenvalue weighted by Crippen LogP contribution is 2.28. The van der Waals surface area contributed by atoms with Crippen LogP contribution in [0.2, 0.25) is 0 Å². The molecule has 0 spiro atoms. The molecule has 2 aromatic rings. The minimum Gasteiger partial charge on any atom is -0.338 e. The maximum absolute atomic E-state index is 12.1. The molecule has 3 rings (SSSR count). The van der Waals surface area contributed by atoms with Crippen LogP contribution in [0.3, 0.4) is 0 Å². The molecule has 1 aliphatic carbocycles. The van der Waals surface area contributed by atoms with Crippen LogP contribution in [0, 0.1) is 11.8 Å². The third kappa shape index (κ3) is 9.00. The van der Waals surface area contributed by atoms with Gasteiger partial charge in [0.2, 0.25) is 0 Å². The number of amides is 4. The highest BCUT2D eigenvalue weighted by atomic mass is 16.2. The summed E-state index contributed by atoms with van der Waals surface area (Å²) in [5.41, 5.74) is 2.44. The zero-order chi connectivity index (χ0) is 22.4. The first kappa shape index (κ1) is 23.6. The van der Waals surface area contributed by atoms with Gasteiger partial charge in [-0.2, -0.15) is 0 Å². The van der Waals surface area contributed by atoms with Gasteiger partial charge < -0.3 is 21.3 Å². The van der Waals surface area contributed by atoms with Crippen molar-refractivity contribution in [3.8, 4) is 0 Å². The molecule has 1 aliphatic rings. The maximum Gasteiger partial charge on any atom is 0.314 e. The van der Waals surface area contributed by atoms with Gasteiger partial charge in [0.15, 0.2) is 0 Å². The molecule has 0 heterocycles. The molecule has 1 saturated carbocycles. The molecule has 2 aromatic carbocycles. The molecular weight excluding hydrogens is 400 g/mol. The summed E-state index contributed by atoms with van der Waals surface area (Å²) in [6, 6.07) is 20.1. The predicted octanol–water partition coefficient (Wildman–Crippen LogP) is 3.88. The lowest BCUT2D eigenvalue weighted by Crippen LogP contribution is -2.42. The van der Waals surface area contributed by atoms with Crippen molar-refractivity contribution in [3.63, 3.8) is 0 Å². The van der Waals surface area contributed by atoms with Crippen LogP contribution in [0.25, 0.3) is 0 Å². The van der Waals surface area contributed by atoms with Crippen molar-refractivity contribution in [1.29, 1.82) is 0 Å². The minimum absolute atomic E-state index is 0.0982. The predicted molar refractivity (Wildman–Crippen MR) is 129 cm³/mol. The summed E-state index contributed by atoms with van der Waals surface area (Å²) in [4.78, 5) is 24.2. The van der Waals surface area contributed by atoms with E-state index in [0.717, 1.165) is 38.5 Å². The van der Waals surface area contributed by atoms with E-state index in [1.165, 1.54) is 11.1 Å². The topological polar surface area (TPSA) is 82.3 Å². The van der Waals surface area contributed by atoms with Gasteiger partial charge in [-0.05, 0) is 55.1 Å². The Kier molecular flexibility index (Phi) is 9.90. The molecule has 6 nitrogen and oxygen atoms in total. The van der Waals surface area contributed by atoms with Gasteiger partial charge in [0, 0.05) is 26.2 Å². The molecule has 0 aliphatic heterocycles.